The van der Waals surface area contributed by atoms with Crippen LogP contribution in [-0.2, 0) is 20.7 Å². The van der Waals surface area contributed by atoms with Gasteiger partial charge in [-0.3, -0.25) is 4.79 Å². The van der Waals surface area contributed by atoms with Crippen LogP contribution in [0.15, 0.2) is 30.3 Å². The third-order valence-corrected chi connectivity index (χ3v) is 12.3. The lowest BCUT2D eigenvalue weighted by atomic mass is 9.44. The molecule has 4 fully saturated rings. The van der Waals surface area contributed by atoms with E-state index >= 15 is 0 Å². The number of hydrogen-bond acceptors (Lipinski definition) is 4. The largest absolute Gasteiger partial charge is 0.467 e. The first-order chi connectivity index (χ1) is 18.7. The van der Waals surface area contributed by atoms with E-state index in [1.54, 1.807) is 0 Å². The molecule has 5 rings (SSSR count). The quantitative estimate of drug-likeness (QED) is 0.380. The lowest BCUT2D eigenvalue weighted by molar-refractivity contribution is -0.145. The van der Waals surface area contributed by atoms with Gasteiger partial charge in [-0.05, 0) is 116 Å². The Balaban J connectivity index is 1.18. The van der Waals surface area contributed by atoms with Crippen molar-refractivity contribution in [2.45, 2.75) is 110 Å². The van der Waals surface area contributed by atoms with Gasteiger partial charge in [0.05, 0.1) is 13.2 Å². The van der Waals surface area contributed by atoms with E-state index in [1.807, 2.05) is 30.3 Å². The number of amides is 1. The Labute approximate surface area is 235 Å². The standard InChI is InChI=1S/C34H51NO4/c1-22(10-15-31(37)35-30(32(38)39-4)20-23-8-6-5-7-9-23)27-13-14-28-26-12-11-24-21-25(36)16-18-33(24,2)29(26)17-19-34(27,28)3/h5-9,22,24-30,36H,10-21H2,1-4H3,(H,35,37)/t22-,24-,25-,26+,27-,28+,29+,30+,33+,34-/m1/s1. The highest BCUT2D eigenvalue weighted by molar-refractivity contribution is 5.84. The number of carbonyl (C=O) groups excluding carboxylic acids is 2. The Morgan fingerprint density at radius 2 is 1.72 bits per heavy atom. The average Bonchev–Trinajstić information content (AvgIpc) is 3.29. The van der Waals surface area contributed by atoms with Crippen LogP contribution in [0.3, 0.4) is 0 Å². The van der Waals surface area contributed by atoms with Crippen LogP contribution in [-0.4, -0.2) is 36.2 Å². The maximum atomic E-state index is 13.0. The van der Waals surface area contributed by atoms with E-state index in [1.165, 1.54) is 52.1 Å². The molecule has 0 spiro atoms. The van der Waals surface area contributed by atoms with Crippen molar-refractivity contribution in [2.24, 2.45) is 46.3 Å². The lowest BCUT2D eigenvalue weighted by Gasteiger charge is -2.61. The van der Waals surface area contributed by atoms with E-state index in [0.717, 1.165) is 42.6 Å². The number of fused-ring (bicyclic) bond motifs is 5. The highest BCUT2D eigenvalue weighted by Gasteiger charge is 2.60. The topological polar surface area (TPSA) is 75.6 Å². The van der Waals surface area contributed by atoms with Gasteiger partial charge in [0.15, 0.2) is 0 Å². The van der Waals surface area contributed by atoms with Gasteiger partial charge in [-0.1, -0.05) is 51.1 Å². The first-order valence-electron chi connectivity index (χ1n) is 15.7. The van der Waals surface area contributed by atoms with Crippen molar-refractivity contribution >= 4 is 11.9 Å². The van der Waals surface area contributed by atoms with Crippen LogP contribution in [0.4, 0.5) is 0 Å². The number of carbonyl (C=O) groups is 2. The van der Waals surface area contributed by atoms with Crippen molar-refractivity contribution in [3.05, 3.63) is 35.9 Å². The fraction of sp³-hybridized carbons (Fsp3) is 0.765. The molecule has 10 atom stereocenters. The van der Waals surface area contributed by atoms with E-state index in [2.05, 4.69) is 26.1 Å². The molecule has 2 N–H and O–H groups in total. The summed E-state index contributed by atoms with van der Waals surface area (Å²) in [6.45, 7) is 7.50. The Bertz CT molecular complexity index is 1010. The van der Waals surface area contributed by atoms with Gasteiger partial charge in [0.2, 0.25) is 5.91 Å². The molecule has 0 radical (unpaired) electrons. The monoisotopic (exact) mass is 537 g/mol. The first-order valence-corrected chi connectivity index (χ1v) is 15.7. The molecular weight excluding hydrogens is 486 g/mol. The molecule has 4 aliphatic carbocycles. The minimum Gasteiger partial charge on any atom is -0.467 e. The van der Waals surface area contributed by atoms with E-state index in [4.69, 9.17) is 4.74 Å². The van der Waals surface area contributed by atoms with Gasteiger partial charge >= 0.3 is 5.97 Å². The van der Waals surface area contributed by atoms with Crippen LogP contribution < -0.4 is 5.32 Å². The second kappa shape index (κ2) is 11.5. The van der Waals surface area contributed by atoms with Crippen molar-refractivity contribution in [1.82, 2.24) is 5.32 Å². The minimum absolute atomic E-state index is 0.0534. The van der Waals surface area contributed by atoms with Crippen molar-refractivity contribution in [3.8, 4) is 0 Å². The van der Waals surface area contributed by atoms with Crippen molar-refractivity contribution in [2.75, 3.05) is 7.11 Å². The average molecular weight is 538 g/mol. The summed E-state index contributed by atoms with van der Waals surface area (Å²) in [7, 11) is 1.38. The minimum atomic E-state index is -0.652. The maximum Gasteiger partial charge on any atom is 0.328 e. The second-order valence-corrected chi connectivity index (χ2v) is 14.2. The Kier molecular flexibility index (Phi) is 8.48. The van der Waals surface area contributed by atoms with Gasteiger partial charge in [-0.2, -0.15) is 0 Å². The maximum absolute atomic E-state index is 13.0. The zero-order valence-corrected chi connectivity index (χ0v) is 24.7. The molecule has 0 bridgehead atoms. The number of methoxy groups -OCH3 is 1. The van der Waals surface area contributed by atoms with Gasteiger partial charge in [0, 0.05) is 12.8 Å². The summed E-state index contributed by atoms with van der Waals surface area (Å²) in [6, 6.07) is 9.13. The fourth-order valence-corrected chi connectivity index (χ4v) is 10.2. The lowest BCUT2D eigenvalue weighted by Crippen LogP contribution is -2.54. The van der Waals surface area contributed by atoms with Crippen LogP contribution in [0.1, 0.15) is 97.0 Å². The molecule has 0 saturated heterocycles. The SMILES string of the molecule is COC(=O)[C@H](Cc1ccccc1)NC(=O)CC[C@@H](C)[C@H]1CC[C@H]2[C@@H]3CC[C@@H]4C[C@H](O)CC[C@]4(C)[C@H]3CC[C@]12C. The molecule has 5 heteroatoms. The molecule has 1 aromatic carbocycles. The summed E-state index contributed by atoms with van der Waals surface area (Å²) >= 11 is 0. The van der Waals surface area contributed by atoms with E-state index in [-0.39, 0.29) is 18.0 Å². The number of benzene rings is 1. The molecule has 4 aliphatic rings. The molecule has 0 unspecified atom stereocenters. The van der Waals surface area contributed by atoms with Gasteiger partial charge in [0.25, 0.3) is 0 Å². The number of rotatable bonds is 8. The zero-order valence-electron chi connectivity index (χ0n) is 24.7. The summed E-state index contributed by atoms with van der Waals surface area (Å²) < 4.78 is 4.99. The summed E-state index contributed by atoms with van der Waals surface area (Å²) in [4.78, 5) is 25.4. The number of hydrogen-bond donors (Lipinski definition) is 2. The van der Waals surface area contributed by atoms with Crippen molar-refractivity contribution in [1.29, 1.82) is 0 Å². The number of ether oxygens (including phenoxy) is 1. The van der Waals surface area contributed by atoms with Crippen LogP contribution >= 0.6 is 0 Å². The number of esters is 1. The summed E-state index contributed by atoms with van der Waals surface area (Å²) in [5.74, 6) is 3.87. The molecule has 39 heavy (non-hydrogen) atoms. The normalized spacial score (nSPS) is 39.0. The molecule has 1 amide bonds. The van der Waals surface area contributed by atoms with Gasteiger partial charge < -0.3 is 15.2 Å². The van der Waals surface area contributed by atoms with E-state index in [0.29, 0.717) is 41.4 Å². The number of aliphatic hydroxyl groups excluding tert-OH is 1. The van der Waals surface area contributed by atoms with Gasteiger partial charge in [-0.25, -0.2) is 4.79 Å². The van der Waals surface area contributed by atoms with Crippen LogP contribution in [0, 0.1) is 46.3 Å². The van der Waals surface area contributed by atoms with Crippen molar-refractivity contribution < 1.29 is 19.4 Å². The highest BCUT2D eigenvalue weighted by Crippen LogP contribution is 2.68. The third kappa shape index (κ3) is 5.54. The smallest absolute Gasteiger partial charge is 0.328 e. The Hall–Kier alpha value is -1.88. The summed E-state index contributed by atoms with van der Waals surface area (Å²) in [5, 5.41) is 13.3. The molecule has 0 aliphatic heterocycles. The molecule has 216 valence electrons. The predicted molar refractivity (Wildman–Crippen MR) is 154 cm³/mol. The molecular formula is C34H51NO4. The molecule has 4 saturated carbocycles. The number of aliphatic hydroxyl groups is 1. The van der Waals surface area contributed by atoms with E-state index < -0.39 is 6.04 Å². The van der Waals surface area contributed by atoms with Crippen LogP contribution in [0.2, 0.25) is 0 Å². The molecule has 0 heterocycles. The second-order valence-electron chi connectivity index (χ2n) is 14.2. The summed E-state index contributed by atoms with van der Waals surface area (Å²) in [5.41, 5.74) is 1.80. The molecule has 0 aromatic heterocycles. The van der Waals surface area contributed by atoms with Gasteiger partial charge in [-0.15, -0.1) is 0 Å². The fourth-order valence-electron chi connectivity index (χ4n) is 10.2. The van der Waals surface area contributed by atoms with Crippen molar-refractivity contribution in [3.63, 3.8) is 0 Å². The Morgan fingerprint density at radius 1 is 1.00 bits per heavy atom. The Morgan fingerprint density at radius 3 is 2.46 bits per heavy atom. The first kappa shape index (κ1) is 28.6. The molecule has 1 aromatic rings. The van der Waals surface area contributed by atoms with Crippen LogP contribution in [0.5, 0.6) is 0 Å². The predicted octanol–water partition coefficient (Wildman–Crippen LogP) is 6.32. The molecule has 5 nitrogen and oxygen atoms in total. The van der Waals surface area contributed by atoms with Crippen LogP contribution in [0.25, 0.3) is 0 Å². The summed E-state index contributed by atoms with van der Waals surface area (Å²) in [6.07, 6.45) is 12.8. The zero-order chi connectivity index (χ0) is 27.8. The van der Waals surface area contributed by atoms with Gasteiger partial charge in [0.1, 0.15) is 6.04 Å². The van der Waals surface area contributed by atoms with E-state index in [9.17, 15) is 14.7 Å². The third-order valence-electron chi connectivity index (χ3n) is 12.3. The highest BCUT2D eigenvalue weighted by atomic mass is 16.5. The number of nitrogens with one attached hydrogen (secondary N) is 1.